The maximum absolute atomic E-state index is 10.7. The van der Waals surface area contributed by atoms with Crippen molar-refractivity contribution in [2.45, 2.75) is 37.7 Å². The fraction of sp³-hybridized carbons (Fsp3) is 0.571. The molecule has 0 atom stereocenters. The molecule has 0 spiro atoms. The van der Waals surface area contributed by atoms with Crippen molar-refractivity contribution >= 4 is 0 Å². The second-order valence-corrected chi connectivity index (χ2v) is 4.66. The number of hydrogen-bond donors (Lipinski definition) is 1. The van der Waals surface area contributed by atoms with E-state index in [1.54, 1.807) is 14.2 Å². The Hall–Kier alpha value is -1.22. The van der Waals surface area contributed by atoms with Gasteiger partial charge < -0.3 is 14.6 Å². The van der Waals surface area contributed by atoms with Crippen molar-refractivity contribution in [3.8, 4) is 11.5 Å². The maximum atomic E-state index is 10.7. The van der Waals surface area contributed by atoms with Gasteiger partial charge in [-0.3, -0.25) is 0 Å². The largest absolute Gasteiger partial charge is 0.497 e. The third kappa shape index (κ3) is 2.39. The van der Waals surface area contributed by atoms with Crippen LogP contribution in [0.5, 0.6) is 11.5 Å². The van der Waals surface area contributed by atoms with Crippen LogP contribution in [0.4, 0.5) is 0 Å². The van der Waals surface area contributed by atoms with Crippen LogP contribution in [0.2, 0.25) is 0 Å². The van der Waals surface area contributed by atoms with Gasteiger partial charge in [0.05, 0.1) is 19.8 Å². The summed E-state index contributed by atoms with van der Waals surface area (Å²) in [6.07, 6.45) is 4.94. The first-order valence-electron chi connectivity index (χ1n) is 6.14. The number of benzene rings is 1. The maximum Gasteiger partial charge on any atom is 0.125 e. The van der Waals surface area contributed by atoms with Gasteiger partial charge in [0, 0.05) is 5.56 Å². The quantitative estimate of drug-likeness (QED) is 0.877. The molecule has 0 heterocycles. The van der Waals surface area contributed by atoms with Crippen LogP contribution in [-0.2, 0) is 5.60 Å². The van der Waals surface area contributed by atoms with Crippen LogP contribution in [0.25, 0.3) is 0 Å². The highest BCUT2D eigenvalue weighted by atomic mass is 16.5. The fourth-order valence-electron chi connectivity index (χ4n) is 2.58. The molecule has 0 saturated heterocycles. The molecule has 1 N–H and O–H groups in total. The molecule has 1 aliphatic rings. The van der Waals surface area contributed by atoms with E-state index < -0.39 is 5.60 Å². The van der Waals surface area contributed by atoms with E-state index in [4.69, 9.17) is 9.47 Å². The highest BCUT2D eigenvalue weighted by Gasteiger charge is 2.34. The SMILES string of the molecule is COc1ccc(OC)c(C2(O)CCCCC2)c1. The van der Waals surface area contributed by atoms with E-state index in [-0.39, 0.29) is 0 Å². The monoisotopic (exact) mass is 236 g/mol. The van der Waals surface area contributed by atoms with Gasteiger partial charge in [0.25, 0.3) is 0 Å². The van der Waals surface area contributed by atoms with Crippen molar-refractivity contribution in [2.75, 3.05) is 14.2 Å². The van der Waals surface area contributed by atoms with Crippen LogP contribution < -0.4 is 9.47 Å². The van der Waals surface area contributed by atoms with Gasteiger partial charge in [-0.05, 0) is 31.0 Å². The van der Waals surface area contributed by atoms with Gasteiger partial charge >= 0.3 is 0 Å². The second kappa shape index (κ2) is 4.96. The number of aliphatic hydroxyl groups is 1. The molecule has 0 bridgehead atoms. The number of rotatable bonds is 3. The number of ether oxygens (including phenoxy) is 2. The van der Waals surface area contributed by atoms with Gasteiger partial charge in [-0.2, -0.15) is 0 Å². The highest BCUT2D eigenvalue weighted by Crippen LogP contribution is 2.42. The Morgan fingerprint density at radius 3 is 2.35 bits per heavy atom. The number of hydrogen-bond acceptors (Lipinski definition) is 3. The van der Waals surface area contributed by atoms with Gasteiger partial charge in [-0.25, -0.2) is 0 Å². The lowest BCUT2D eigenvalue weighted by molar-refractivity contribution is -0.00274. The molecule has 1 aliphatic carbocycles. The van der Waals surface area contributed by atoms with Gasteiger partial charge in [-0.1, -0.05) is 19.3 Å². The zero-order chi connectivity index (χ0) is 12.3. The summed E-state index contributed by atoms with van der Waals surface area (Å²) in [7, 11) is 3.27. The summed E-state index contributed by atoms with van der Waals surface area (Å²) in [5.74, 6) is 1.51. The van der Waals surface area contributed by atoms with Crippen LogP contribution in [0.15, 0.2) is 18.2 Å². The van der Waals surface area contributed by atoms with E-state index in [0.29, 0.717) is 0 Å². The van der Waals surface area contributed by atoms with Crippen molar-refractivity contribution in [3.63, 3.8) is 0 Å². The van der Waals surface area contributed by atoms with E-state index in [9.17, 15) is 5.11 Å². The summed E-state index contributed by atoms with van der Waals surface area (Å²) < 4.78 is 10.6. The molecule has 2 rings (SSSR count). The molecule has 0 aromatic heterocycles. The topological polar surface area (TPSA) is 38.7 Å². The Morgan fingerprint density at radius 2 is 1.76 bits per heavy atom. The zero-order valence-electron chi connectivity index (χ0n) is 10.5. The summed E-state index contributed by atoms with van der Waals surface area (Å²) in [6, 6.07) is 5.61. The predicted molar refractivity (Wildman–Crippen MR) is 66.5 cm³/mol. The van der Waals surface area contributed by atoms with Crippen molar-refractivity contribution in [1.82, 2.24) is 0 Å². The minimum absolute atomic E-state index is 0.746. The van der Waals surface area contributed by atoms with E-state index in [1.807, 2.05) is 18.2 Å². The van der Waals surface area contributed by atoms with Gasteiger partial charge in [-0.15, -0.1) is 0 Å². The Morgan fingerprint density at radius 1 is 1.06 bits per heavy atom. The third-order valence-corrected chi connectivity index (χ3v) is 3.59. The fourth-order valence-corrected chi connectivity index (χ4v) is 2.58. The highest BCUT2D eigenvalue weighted by molar-refractivity contribution is 5.44. The normalized spacial score (nSPS) is 18.8. The minimum atomic E-state index is -0.752. The van der Waals surface area contributed by atoms with Crippen LogP contribution >= 0.6 is 0 Å². The first-order valence-corrected chi connectivity index (χ1v) is 6.14. The van der Waals surface area contributed by atoms with Crippen molar-refractivity contribution in [3.05, 3.63) is 23.8 Å². The summed E-state index contributed by atoms with van der Waals surface area (Å²) in [5, 5.41) is 10.7. The van der Waals surface area contributed by atoms with Crippen LogP contribution in [-0.4, -0.2) is 19.3 Å². The summed E-state index contributed by atoms with van der Waals surface area (Å²) >= 11 is 0. The van der Waals surface area contributed by atoms with Gasteiger partial charge in [0.2, 0.25) is 0 Å². The summed E-state index contributed by atoms with van der Waals surface area (Å²) in [6.45, 7) is 0. The first kappa shape index (κ1) is 12.2. The number of methoxy groups -OCH3 is 2. The standard InChI is InChI=1S/C14H20O3/c1-16-11-6-7-13(17-2)12(10-11)14(15)8-4-3-5-9-14/h6-7,10,15H,3-5,8-9H2,1-2H3. The predicted octanol–water partition coefficient (Wildman–Crippen LogP) is 2.86. The summed E-state index contributed by atoms with van der Waals surface area (Å²) in [4.78, 5) is 0. The van der Waals surface area contributed by atoms with Gasteiger partial charge in [0.1, 0.15) is 11.5 Å². The van der Waals surface area contributed by atoms with Gasteiger partial charge in [0.15, 0.2) is 0 Å². The molecule has 1 saturated carbocycles. The molecule has 0 amide bonds. The lowest BCUT2D eigenvalue weighted by Crippen LogP contribution is -2.29. The first-order chi connectivity index (χ1) is 8.19. The zero-order valence-corrected chi connectivity index (χ0v) is 10.5. The Labute approximate surface area is 102 Å². The average Bonchev–Trinajstić information content (AvgIpc) is 2.39. The molecule has 3 heteroatoms. The van der Waals surface area contributed by atoms with E-state index >= 15 is 0 Å². The van der Waals surface area contributed by atoms with E-state index in [0.717, 1.165) is 42.7 Å². The molecule has 3 nitrogen and oxygen atoms in total. The van der Waals surface area contributed by atoms with Crippen LogP contribution in [0, 0.1) is 0 Å². The third-order valence-electron chi connectivity index (χ3n) is 3.59. The van der Waals surface area contributed by atoms with E-state index in [2.05, 4.69) is 0 Å². The molecule has 17 heavy (non-hydrogen) atoms. The van der Waals surface area contributed by atoms with Crippen molar-refractivity contribution in [2.24, 2.45) is 0 Å². The molecule has 1 aromatic carbocycles. The molecule has 1 fully saturated rings. The average molecular weight is 236 g/mol. The molecule has 0 radical (unpaired) electrons. The second-order valence-electron chi connectivity index (χ2n) is 4.66. The molecular formula is C14H20O3. The van der Waals surface area contributed by atoms with Crippen LogP contribution in [0.3, 0.4) is 0 Å². The molecule has 0 unspecified atom stereocenters. The molecule has 0 aliphatic heterocycles. The Bertz CT molecular complexity index is 381. The molecular weight excluding hydrogens is 216 g/mol. The lowest BCUT2D eigenvalue weighted by Gasteiger charge is -2.33. The lowest BCUT2D eigenvalue weighted by atomic mass is 9.79. The Kier molecular flexibility index (Phi) is 3.57. The van der Waals surface area contributed by atoms with Crippen molar-refractivity contribution in [1.29, 1.82) is 0 Å². The Balaban J connectivity index is 2.40. The van der Waals surface area contributed by atoms with E-state index in [1.165, 1.54) is 6.42 Å². The van der Waals surface area contributed by atoms with Crippen molar-refractivity contribution < 1.29 is 14.6 Å². The smallest absolute Gasteiger partial charge is 0.125 e. The minimum Gasteiger partial charge on any atom is -0.497 e. The van der Waals surface area contributed by atoms with Crippen LogP contribution in [0.1, 0.15) is 37.7 Å². The molecule has 1 aromatic rings. The summed E-state index contributed by atoms with van der Waals surface area (Å²) in [5.41, 5.74) is 0.108. The molecule has 94 valence electrons.